The van der Waals surface area contributed by atoms with Crippen molar-refractivity contribution in [3.05, 3.63) is 38.9 Å². The third-order valence-electron chi connectivity index (χ3n) is 2.61. The van der Waals surface area contributed by atoms with Gasteiger partial charge in [0.15, 0.2) is 0 Å². The van der Waals surface area contributed by atoms with Crippen molar-refractivity contribution in [2.24, 2.45) is 0 Å². The van der Waals surface area contributed by atoms with Gasteiger partial charge in [-0.1, -0.05) is 11.6 Å². The van der Waals surface area contributed by atoms with Crippen LogP contribution in [-0.2, 0) is 9.53 Å². The number of carbonyl (C=O) groups excluding carboxylic acids is 1. The molecule has 1 rings (SSSR count). The molecule has 0 aliphatic carbocycles. The summed E-state index contributed by atoms with van der Waals surface area (Å²) in [7, 11) is 1.39. The molecule has 1 atom stereocenters. The number of carbonyl (C=O) groups is 2. The van der Waals surface area contributed by atoms with Crippen LogP contribution in [0.1, 0.15) is 16.8 Å². The summed E-state index contributed by atoms with van der Waals surface area (Å²) in [5, 5.41) is 22.2. The van der Waals surface area contributed by atoms with Gasteiger partial charge in [-0.05, 0) is 12.1 Å². The summed E-state index contributed by atoms with van der Waals surface area (Å²) >= 11 is 5.71. The zero-order valence-corrected chi connectivity index (χ0v) is 11.8. The third-order valence-corrected chi connectivity index (χ3v) is 2.85. The van der Waals surface area contributed by atoms with Crippen LogP contribution in [0.15, 0.2) is 18.2 Å². The minimum absolute atomic E-state index is 0.0337. The van der Waals surface area contributed by atoms with Crippen LogP contribution >= 0.6 is 11.6 Å². The summed E-state index contributed by atoms with van der Waals surface area (Å²) in [5.74, 6) is -2.14. The van der Waals surface area contributed by atoms with Crippen LogP contribution in [0.4, 0.5) is 5.69 Å². The van der Waals surface area contributed by atoms with E-state index in [4.69, 9.17) is 21.4 Å². The van der Waals surface area contributed by atoms with E-state index in [2.05, 4.69) is 5.32 Å². The van der Waals surface area contributed by atoms with Crippen molar-refractivity contribution in [1.29, 1.82) is 0 Å². The zero-order chi connectivity index (χ0) is 16.0. The van der Waals surface area contributed by atoms with Crippen molar-refractivity contribution >= 4 is 29.2 Å². The molecule has 8 nitrogen and oxygen atoms in total. The summed E-state index contributed by atoms with van der Waals surface area (Å²) < 4.78 is 4.75. The van der Waals surface area contributed by atoms with Gasteiger partial charge in [-0.15, -0.1) is 0 Å². The Labute approximate surface area is 124 Å². The van der Waals surface area contributed by atoms with Crippen LogP contribution in [0.5, 0.6) is 0 Å². The monoisotopic (exact) mass is 316 g/mol. The van der Waals surface area contributed by atoms with Crippen LogP contribution in [0.2, 0.25) is 5.02 Å². The van der Waals surface area contributed by atoms with Gasteiger partial charge in [0.25, 0.3) is 11.6 Å². The van der Waals surface area contributed by atoms with Gasteiger partial charge in [0.1, 0.15) is 11.6 Å². The Hall–Kier alpha value is -2.19. The van der Waals surface area contributed by atoms with E-state index in [1.165, 1.54) is 13.2 Å². The Morgan fingerprint density at radius 2 is 2.19 bits per heavy atom. The first-order valence-corrected chi connectivity index (χ1v) is 6.21. The molecule has 2 N–H and O–H groups in total. The van der Waals surface area contributed by atoms with Crippen molar-refractivity contribution in [1.82, 2.24) is 5.32 Å². The molecular formula is C12H13ClN2O6. The molecule has 1 aromatic carbocycles. The van der Waals surface area contributed by atoms with Gasteiger partial charge < -0.3 is 15.2 Å². The first-order chi connectivity index (χ1) is 9.86. The number of benzene rings is 1. The molecular weight excluding hydrogens is 304 g/mol. The highest BCUT2D eigenvalue weighted by atomic mass is 35.5. The molecule has 0 bridgehead atoms. The van der Waals surface area contributed by atoms with Gasteiger partial charge in [0.05, 0.1) is 4.92 Å². The van der Waals surface area contributed by atoms with Crippen molar-refractivity contribution in [2.75, 3.05) is 13.7 Å². The minimum Gasteiger partial charge on any atom is -0.480 e. The number of nitro groups is 1. The predicted octanol–water partition coefficient (Wildman–Crippen LogP) is 1.47. The number of nitrogens with one attached hydrogen (secondary N) is 1. The van der Waals surface area contributed by atoms with Crippen molar-refractivity contribution < 1.29 is 24.4 Å². The lowest BCUT2D eigenvalue weighted by atomic mass is 10.1. The summed E-state index contributed by atoms with van der Waals surface area (Å²) in [6.45, 7) is 0.120. The number of hydrogen-bond acceptors (Lipinski definition) is 5. The third kappa shape index (κ3) is 4.69. The first kappa shape index (κ1) is 16.9. The fourth-order valence-electron chi connectivity index (χ4n) is 1.58. The van der Waals surface area contributed by atoms with Gasteiger partial charge in [0.2, 0.25) is 0 Å². The molecule has 0 fully saturated rings. The van der Waals surface area contributed by atoms with E-state index in [9.17, 15) is 19.7 Å². The number of methoxy groups -OCH3 is 1. The molecule has 0 aliphatic rings. The Morgan fingerprint density at radius 1 is 1.52 bits per heavy atom. The van der Waals surface area contributed by atoms with Crippen LogP contribution < -0.4 is 5.32 Å². The number of aliphatic carboxylic acids is 1. The SMILES string of the molecule is COCCC(NC(=O)c1cc(Cl)ccc1[N+](=O)[O-])C(=O)O. The lowest BCUT2D eigenvalue weighted by molar-refractivity contribution is -0.385. The number of carboxylic acids is 1. The summed E-state index contributed by atoms with van der Waals surface area (Å²) in [4.78, 5) is 33.2. The van der Waals surface area contributed by atoms with Crippen LogP contribution in [0.3, 0.4) is 0 Å². The van der Waals surface area contributed by atoms with Crippen molar-refractivity contribution in [2.45, 2.75) is 12.5 Å². The highest BCUT2D eigenvalue weighted by Crippen LogP contribution is 2.22. The van der Waals surface area contributed by atoms with E-state index in [1.807, 2.05) is 0 Å². The van der Waals surface area contributed by atoms with E-state index in [0.717, 1.165) is 12.1 Å². The second-order valence-electron chi connectivity index (χ2n) is 4.06. The molecule has 1 unspecified atom stereocenters. The molecule has 0 saturated heterocycles. The summed E-state index contributed by atoms with van der Waals surface area (Å²) in [6.07, 6.45) is 0.0337. The van der Waals surface area contributed by atoms with Crippen LogP contribution in [0.25, 0.3) is 0 Å². The molecule has 21 heavy (non-hydrogen) atoms. The van der Waals surface area contributed by atoms with E-state index >= 15 is 0 Å². The first-order valence-electron chi connectivity index (χ1n) is 5.83. The van der Waals surface area contributed by atoms with Crippen molar-refractivity contribution in [3.8, 4) is 0 Å². The maximum absolute atomic E-state index is 12.0. The number of nitro benzene ring substituents is 1. The number of ether oxygens (including phenoxy) is 1. The quantitative estimate of drug-likeness (QED) is 0.580. The topological polar surface area (TPSA) is 119 Å². The molecule has 0 aromatic heterocycles. The Bertz CT molecular complexity index is 563. The summed E-state index contributed by atoms with van der Waals surface area (Å²) in [6, 6.07) is 2.26. The minimum atomic E-state index is -1.26. The normalized spacial score (nSPS) is 11.7. The Kier molecular flexibility index (Phi) is 6.07. The van der Waals surface area contributed by atoms with Gasteiger partial charge in [-0.25, -0.2) is 4.79 Å². The number of carboxylic acid groups (broad SMARTS) is 1. The maximum atomic E-state index is 12.0. The van der Waals surface area contributed by atoms with Gasteiger partial charge in [0, 0.05) is 31.2 Å². The molecule has 0 radical (unpaired) electrons. The van der Waals surface area contributed by atoms with Gasteiger partial charge in [-0.2, -0.15) is 0 Å². The predicted molar refractivity (Wildman–Crippen MR) is 73.5 cm³/mol. The number of halogens is 1. The molecule has 0 spiro atoms. The molecule has 0 aliphatic heterocycles. The van der Waals surface area contributed by atoms with E-state index in [0.29, 0.717) is 0 Å². The van der Waals surface area contributed by atoms with E-state index < -0.39 is 28.5 Å². The molecule has 114 valence electrons. The average molecular weight is 317 g/mol. The van der Waals surface area contributed by atoms with Gasteiger partial charge in [-0.3, -0.25) is 14.9 Å². The second-order valence-corrected chi connectivity index (χ2v) is 4.50. The molecule has 0 saturated carbocycles. The standard InChI is InChI=1S/C12H13ClN2O6/c1-21-5-4-9(12(17)18)14-11(16)8-6-7(13)2-3-10(8)15(19)20/h2-3,6,9H,4-5H2,1H3,(H,14,16)(H,17,18). The molecule has 0 heterocycles. The number of nitrogens with zero attached hydrogens (tertiary/aromatic N) is 1. The molecule has 1 aromatic rings. The largest absolute Gasteiger partial charge is 0.480 e. The summed E-state index contributed by atoms with van der Waals surface area (Å²) in [5.41, 5.74) is -0.746. The smallest absolute Gasteiger partial charge is 0.326 e. The van der Waals surface area contributed by atoms with Crippen LogP contribution in [0, 0.1) is 10.1 Å². The van der Waals surface area contributed by atoms with Crippen LogP contribution in [-0.4, -0.2) is 41.7 Å². The highest BCUT2D eigenvalue weighted by Gasteiger charge is 2.25. The Balaban J connectivity index is 2.99. The van der Waals surface area contributed by atoms with Crippen molar-refractivity contribution in [3.63, 3.8) is 0 Å². The lowest BCUT2D eigenvalue weighted by Crippen LogP contribution is -2.41. The highest BCUT2D eigenvalue weighted by molar-refractivity contribution is 6.31. The maximum Gasteiger partial charge on any atom is 0.326 e. The fraction of sp³-hybridized carbons (Fsp3) is 0.333. The number of hydrogen-bond donors (Lipinski definition) is 2. The Morgan fingerprint density at radius 3 is 2.71 bits per heavy atom. The average Bonchev–Trinajstić information content (AvgIpc) is 2.42. The zero-order valence-electron chi connectivity index (χ0n) is 11.0. The fourth-order valence-corrected chi connectivity index (χ4v) is 1.75. The number of amides is 1. The van der Waals surface area contributed by atoms with E-state index in [1.54, 1.807) is 0 Å². The molecule has 1 amide bonds. The second kappa shape index (κ2) is 7.55. The van der Waals surface area contributed by atoms with Gasteiger partial charge >= 0.3 is 5.97 Å². The number of rotatable bonds is 7. The van der Waals surface area contributed by atoms with E-state index in [-0.39, 0.29) is 23.6 Å². The molecule has 9 heteroatoms. The lowest BCUT2D eigenvalue weighted by Gasteiger charge is -2.14.